The Bertz CT molecular complexity index is 1180. The monoisotopic (exact) mass is 481 g/mol. The standard InChI is InChI=1S/C26H35N5O4/c1-16(15-29-14-4-13-27-29)24-28-23-20-10-5-17(2)30(26(34)35-3)21(20)11-12-22(23)31(24)19-8-6-18(7-9-19)25(32)33/h4,11-14,16-19,25,32-33H,5-10,15H2,1-3H3/t16?,17-,18?,19?/m0/s1. The molecule has 1 aromatic carbocycles. The largest absolute Gasteiger partial charge is 0.452 e. The zero-order valence-electron chi connectivity index (χ0n) is 20.7. The molecule has 5 rings (SSSR count). The lowest BCUT2D eigenvalue weighted by Crippen LogP contribution is -2.42. The van der Waals surface area contributed by atoms with Gasteiger partial charge in [-0.2, -0.15) is 5.10 Å². The molecule has 1 aliphatic heterocycles. The van der Waals surface area contributed by atoms with E-state index in [1.165, 1.54) is 7.11 Å². The van der Waals surface area contributed by atoms with Crippen LogP contribution < -0.4 is 4.90 Å². The van der Waals surface area contributed by atoms with Crippen LogP contribution in [0.1, 0.15) is 69.3 Å². The second-order valence-corrected chi connectivity index (χ2v) is 10.1. The normalized spacial score (nSPS) is 23.5. The number of fused-ring (bicyclic) bond motifs is 3. The highest BCUT2D eigenvalue weighted by atomic mass is 16.5. The molecule has 1 fully saturated rings. The van der Waals surface area contributed by atoms with Crippen LogP contribution in [0.2, 0.25) is 0 Å². The summed E-state index contributed by atoms with van der Waals surface area (Å²) in [6.45, 7) is 4.95. The van der Waals surface area contributed by atoms with Crippen molar-refractivity contribution in [2.75, 3.05) is 12.0 Å². The summed E-state index contributed by atoms with van der Waals surface area (Å²) < 4.78 is 9.40. The molecule has 2 atom stereocenters. The van der Waals surface area contributed by atoms with Gasteiger partial charge in [0.1, 0.15) is 5.82 Å². The van der Waals surface area contributed by atoms with Gasteiger partial charge in [-0.15, -0.1) is 0 Å². The molecule has 1 unspecified atom stereocenters. The number of aryl methyl sites for hydroxylation is 1. The number of imidazole rings is 1. The van der Waals surface area contributed by atoms with E-state index in [9.17, 15) is 15.0 Å². The van der Waals surface area contributed by atoms with E-state index in [-0.39, 0.29) is 30.0 Å². The molecule has 2 aliphatic rings. The summed E-state index contributed by atoms with van der Waals surface area (Å²) in [5, 5.41) is 23.8. The molecule has 3 aromatic rings. The summed E-state index contributed by atoms with van der Waals surface area (Å²) in [6, 6.07) is 6.35. The first kappa shape index (κ1) is 23.8. The van der Waals surface area contributed by atoms with Gasteiger partial charge in [-0.25, -0.2) is 9.78 Å². The van der Waals surface area contributed by atoms with Crippen LogP contribution in [0.5, 0.6) is 0 Å². The zero-order chi connectivity index (χ0) is 24.7. The molecule has 9 nitrogen and oxygen atoms in total. The molecule has 9 heteroatoms. The predicted molar refractivity (Wildman–Crippen MR) is 132 cm³/mol. The second kappa shape index (κ2) is 9.62. The maximum atomic E-state index is 12.6. The lowest BCUT2D eigenvalue weighted by molar-refractivity contribution is -0.0952. The number of benzene rings is 1. The number of carbonyl (C=O) groups is 1. The summed E-state index contributed by atoms with van der Waals surface area (Å²) >= 11 is 0. The van der Waals surface area contributed by atoms with Gasteiger partial charge in [0, 0.05) is 41.9 Å². The minimum atomic E-state index is -1.26. The highest BCUT2D eigenvalue weighted by Gasteiger charge is 2.34. The smallest absolute Gasteiger partial charge is 0.414 e. The van der Waals surface area contributed by atoms with Gasteiger partial charge in [-0.3, -0.25) is 9.58 Å². The highest BCUT2D eigenvalue weighted by Crippen LogP contribution is 2.41. The molecule has 0 spiro atoms. The van der Waals surface area contributed by atoms with E-state index in [1.807, 2.05) is 29.9 Å². The molecule has 1 saturated carbocycles. The van der Waals surface area contributed by atoms with Crippen molar-refractivity contribution >= 4 is 22.8 Å². The van der Waals surface area contributed by atoms with Gasteiger partial charge in [0.25, 0.3) is 0 Å². The summed E-state index contributed by atoms with van der Waals surface area (Å²) in [4.78, 5) is 19.6. The van der Waals surface area contributed by atoms with Crippen molar-refractivity contribution in [2.45, 2.75) is 83.2 Å². The van der Waals surface area contributed by atoms with E-state index >= 15 is 0 Å². The van der Waals surface area contributed by atoms with Gasteiger partial charge < -0.3 is 19.5 Å². The van der Waals surface area contributed by atoms with E-state index in [0.717, 1.165) is 66.6 Å². The first-order valence-electron chi connectivity index (χ1n) is 12.6. The first-order chi connectivity index (χ1) is 16.9. The summed E-state index contributed by atoms with van der Waals surface area (Å²) in [5.41, 5.74) is 4.01. The number of aliphatic hydroxyl groups excluding tert-OH is 1. The predicted octanol–water partition coefficient (Wildman–Crippen LogP) is 3.99. The summed E-state index contributed by atoms with van der Waals surface area (Å²) in [7, 11) is 1.42. The number of nitrogens with zero attached hydrogens (tertiary/aromatic N) is 5. The molecular weight excluding hydrogens is 446 g/mol. The van der Waals surface area contributed by atoms with Crippen LogP contribution in [0.15, 0.2) is 30.6 Å². The molecule has 188 valence electrons. The third-order valence-corrected chi connectivity index (χ3v) is 7.84. The van der Waals surface area contributed by atoms with Crippen molar-refractivity contribution in [3.05, 3.63) is 42.0 Å². The van der Waals surface area contributed by atoms with E-state index in [2.05, 4.69) is 22.7 Å². The quantitative estimate of drug-likeness (QED) is 0.534. The van der Waals surface area contributed by atoms with Crippen LogP contribution in [0.25, 0.3) is 11.0 Å². The number of aliphatic hydroxyl groups is 2. The van der Waals surface area contributed by atoms with Crippen LogP contribution >= 0.6 is 0 Å². The van der Waals surface area contributed by atoms with E-state index in [0.29, 0.717) is 6.54 Å². The topological polar surface area (TPSA) is 106 Å². The number of carbonyl (C=O) groups excluding carboxylic acids is 1. The van der Waals surface area contributed by atoms with Crippen molar-refractivity contribution in [3.8, 4) is 0 Å². The molecule has 2 aromatic heterocycles. The van der Waals surface area contributed by atoms with Crippen molar-refractivity contribution in [3.63, 3.8) is 0 Å². The highest BCUT2D eigenvalue weighted by molar-refractivity contribution is 5.95. The van der Waals surface area contributed by atoms with Crippen molar-refractivity contribution in [2.24, 2.45) is 5.92 Å². The molecule has 0 bridgehead atoms. The molecule has 2 N–H and O–H groups in total. The second-order valence-electron chi connectivity index (χ2n) is 10.1. The Morgan fingerprint density at radius 3 is 2.63 bits per heavy atom. The molecule has 0 saturated heterocycles. The van der Waals surface area contributed by atoms with Crippen LogP contribution in [0.4, 0.5) is 10.5 Å². The number of anilines is 1. The Morgan fingerprint density at radius 1 is 1.20 bits per heavy atom. The third-order valence-electron chi connectivity index (χ3n) is 7.84. The number of hydrogen-bond acceptors (Lipinski definition) is 6. The Kier molecular flexibility index (Phi) is 6.55. The number of amides is 1. The fourth-order valence-corrected chi connectivity index (χ4v) is 5.95. The van der Waals surface area contributed by atoms with Crippen LogP contribution in [-0.4, -0.2) is 55.1 Å². The number of rotatable bonds is 5. The minimum absolute atomic E-state index is 0.0629. The number of ether oxygens (including phenoxy) is 1. The molecular formula is C26H35N5O4. The summed E-state index contributed by atoms with van der Waals surface area (Å²) in [5.74, 6) is 1.06. The molecule has 3 heterocycles. The SMILES string of the molecule is COC(=O)N1c2ccc3c(nc(C(C)Cn4cccn4)n3C3CCC(C(O)O)CC3)c2CC[C@@H]1C. The van der Waals surface area contributed by atoms with E-state index < -0.39 is 6.29 Å². The van der Waals surface area contributed by atoms with Crippen molar-refractivity contribution < 1.29 is 19.7 Å². The van der Waals surface area contributed by atoms with Gasteiger partial charge in [0.15, 0.2) is 6.29 Å². The Hall–Kier alpha value is -2.91. The molecule has 0 radical (unpaired) electrons. The average Bonchev–Trinajstić information content (AvgIpc) is 3.51. The maximum absolute atomic E-state index is 12.6. The number of hydrogen-bond donors (Lipinski definition) is 2. The molecule has 35 heavy (non-hydrogen) atoms. The van der Waals surface area contributed by atoms with Gasteiger partial charge in [0.05, 0.1) is 30.4 Å². The fraction of sp³-hybridized carbons (Fsp3) is 0.577. The average molecular weight is 482 g/mol. The lowest BCUT2D eigenvalue weighted by Gasteiger charge is -2.34. The van der Waals surface area contributed by atoms with Crippen molar-refractivity contribution in [1.29, 1.82) is 0 Å². The van der Waals surface area contributed by atoms with Gasteiger partial charge in [0.2, 0.25) is 0 Å². The van der Waals surface area contributed by atoms with Crippen LogP contribution in [0, 0.1) is 5.92 Å². The van der Waals surface area contributed by atoms with Crippen LogP contribution in [-0.2, 0) is 17.7 Å². The van der Waals surface area contributed by atoms with E-state index in [1.54, 1.807) is 11.1 Å². The molecule has 1 aliphatic carbocycles. The first-order valence-corrected chi connectivity index (χ1v) is 12.6. The maximum Gasteiger partial charge on any atom is 0.414 e. The number of aromatic nitrogens is 4. The molecule has 1 amide bonds. The van der Waals surface area contributed by atoms with Gasteiger partial charge >= 0.3 is 6.09 Å². The Balaban J connectivity index is 1.60. The lowest BCUT2D eigenvalue weighted by atomic mass is 9.85. The fourth-order valence-electron chi connectivity index (χ4n) is 5.95. The third kappa shape index (κ3) is 4.31. The zero-order valence-corrected chi connectivity index (χ0v) is 20.7. The van der Waals surface area contributed by atoms with Gasteiger partial charge in [-0.1, -0.05) is 6.92 Å². The van der Waals surface area contributed by atoms with E-state index in [4.69, 9.17) is 9.72 Å². The Labute approximate surface area is 205 Å². The van der Waals surface area contributed by atoms with Crippen LogP contribution in [0.3, 0.4) is 0 Å². The minimum Gasteiger partial charge on any atom is -0.452 e. The number of methoxy groups -OCH3 is 1. The summed E-state index contributed by atoms with van der Waals surface area (Å²) in [6.07, 6.45) is 7.15. The van der Waals surface area contributed by atoms with Crippen molar-refractivity contribution in [1.82, 2.24) is 19.3 Å². The van der Waals surface area contributed by atoms with Gasteiger partial charge in [-0.05, 0) is 63.6 Å². The Morgan fingerprint density at radius 2 is 1.97 bits per heavy atom.